The third kappa shape index (κ3) is 6.59. The summed E-state index contributed by atoms with van der Waals surface area (Å²) in [6.45, 7) is 7.44. The van der Waals surface area contributed by atoms with Crippen molar-refractivity contribution in [2.45, 2.75) is 138 Å². The predicted octanol–water partition coefficient (Wildman–Crippen LogP) is 13.0. The average molecular weight is 853 g/mol. The molecule has 0 bridgehead atoms. The van der Waals surface area contributed by atoms with Crippen molar-refractivity contribution in [1.29, 1.82) is 0 Å². The molecule has 0 saturated heterocycles. The lowest BCUT2D eigenvalue weighted by atomic mass is 9.82. The Morgan fingerprint density at radius 3 is 0.804 bits per heavy atom. The van der Waals surface area contributed by atoms with E-state index in [1.54, 1.807) is 0 Å². The molecule has 2 atom stereocenters. The first-order valence-electron chi connectivity index (χ1n) is 16.5. The Bertz CT molecular complexity index is 1610. The van der Waals surface area contributed by atoms with E-state index in [1.165, 1.54) is 27.7 Å². The summed E-state index contributed by atoms with van der Waals surface area (Å²) in [7, 11) is 0. The van der Waals surface area contributed by atoms with Gasteiger partial charge in [-0.2, -0.15) is 87.8 Å². The number of aryl methyl sites for hydroxylation is 2. The van der Waals surface area contributed by atoms with Gasteiger partial charge in [0.2, 0.25) is 0 Å². The Labute approximate surface area is 307 Å². The largest absolute Gasteiger partial charge is 0.398 e. The highest BCUT2D eigenvalue weighted by Gasteiger charge is 2.97. The molecule has 0 aliphatic carbocycles. The van der Waals surface area contributed by atoms with Crippen LogP contribution in [-0.4, -0.2) is 47.4 Å². The van der Waals surface area contributed by atoms with E-state index in [2.05, 4.69) is 0 Å². The third-order valence-corrected chi connectivity index (χ3v) is 9.92. The summed E-state index contributed by atoms with van der Waals surface area (Å²) in [5.74, 6) is -85.1. The van der Waals surface area contributed by atoms with Crippen LogP contribution in [0, 0.1) is 0 Å². The van der Waals surface area contributed by atoms with Crippen LogP contribution in [0.5, 0.6) is 0 Å². The first kappa shape index (κ1) is 48.8. The summed E-state index contributed by atoms with van der Waals surface area (Å²) in [6, 6.07) is -0.261. The third-order valence-electron chi connectivity index (χ3n) is 9.92. The van der Waals surface area contributed by atoms with E-state index in [0.29, 0.717) is 0 Å². The first-order chi connectivity index (χ1) is 24.9. The van der Waals surface area contributed by atoms with Crippen molar-refractivity contribution >= 4 is 11.4 Å². The van der Waals surface area contributed by atoms with Crippen molar-refractivity contribution in [2.75, 3.05) is 11.5 Å². The number of rotatable bonds is 17. The molecule has 4 N–H and O–H groups in total. The predicted molar refractivity (Wildman–Crippen MR) is 165 cm³/mol. The van der Waals surface area contributed by atoms with Gasteiger partial charge in [0.1, 0.15) is 0 Å². The molecule has 0 radical (unpaired) electrons. The lowest BCUT2D eigenvalue weighted by Gasteiger charge is -2.45. The van der Waals surface area contributed by atoms with Gasteiger partial charge in [-0.25, -0.2) is 0 Å². The van der Waals surface area contributed by atoms with Crippen LogP contribution in [0.3, 0.4) is 0 Å². The summed E-state index contributed by atoms with van der Waals surface area (Å²) < 4.78 is 298. The van der Waals surface area contributed by atoms with E-state index in [1.807, 2.05) is 0 Å². The molecule has 0 spiro atoms. The van der Waals surface area contributed by atoms with Gasteiger partial charge in [-0.1, -0.05) is 41.5 Å². The molecule has 2 aromatic carbocycles. The van der Waals surface area contributed by atoms with E-state index in [9.17, 15) is 70.2 Å². The minimum absolute atomic E-state index is 0.0308. The fourth-order valence-corrected chi connectivity index (χ4v) is 5.62. The molecule has 0 amide bonds. The van der Waals surface area contributed by atoms with Crippen LogP contribution in [0.15, 0.2) is 24.3 Å². The molecule has 0 aliphatic rings. The van der Waals surface area contributed by atoms with Gasteiger partial charge in [0, 0.05) is 22.5 Å². The summed E-state index contributed by atoms with van der Waals surface area (Å²) in [6.07, 6.45) is -0.967. The second kappa shape index (κ2) is 14.8. The molecule has 322 valence electrons. The Morgan fingerprint density at radius 2 is 0.607 bits per heavy atom. The number of nitrogens with two attached hydrogens (primary N) is 2. The van der Waals surface area contributed by atoms with Crippen LogP contribution < -0.4 is 11.5 Å². The average Bonchev–Trinajstić information content (AvgIpc) is 3.09. The topological polar surface area (TPSA) is 52.0 Å². The van der Waals surface area contributed by atoms with Gasteiger partial charge >= 0.3 is 59.2 Å². The molecule has 0 saturated carbocycles. The molecule has 2 nitrogen and oxygen atoms in total. The summed E-state index contributed by atoms with van der Waals surface area (Å²) in [4.78, 5) is 0. The molecule has 2 aromatic rings. The van der Waals surface area contributed by atoms with Crippen LogP contribution in [0.25, 0.3) is 0 Å². The lowest BCUT2D eigenvalue weighted by molar-refractivity contribution is -0.470. The van der Waals surface area contributed by atoms with Crippen molar-refractivity contribution in [1.82, 2.24) is 0 Å². The van der Waals surface area contributed by atoms with Crippen LogP contribution in [-0.2, 0) is 24.7 Å². The fraction of sp³-hybridized carbons (Fsp3) is 0.647. The second-order valence-electron chi connectivity index (χ2n) is 13.3. The highest BCUT2D eigenvalue weighted by Crippen LogP contribution is 2.67. The molecule has 0 aliphatic heterocycles. The summed E-state index contributed by atoms with van der Waals surface area (Å²) >= 11 is 0. The van der Waals surface area contributed by atoms with Gasteiger partial charge in [-0.15, -0.1) is 0 Å². The van der Waals surface area contributed by atoms with Crippen molar-refractivity contribution in [3.05, 3.63) is 57.6 Å². The number of alkyl halides is 20. The standard InChI is InChI=1S/C34H36F20N2/c1-7-15(5)21-13-19(11-17(9-3)23(21)55)25(35,36)27(39,40)29(43,44)31(47,48)33(51,52)34(53,54)32(49,50)30(45,46)28(41,42)26(37,38)20-12-18(10-4)24(56)22(14-20)16(6)8-2/h11-16H,7-10,55-56H2,1-6H3. The van der Waals surface area contributed by atoms with Crippen molar-refractivity contribution in [3.63, 3.8) is 0 Å². The minimum Gasteiger partial charge on any atom is -0.398 e. The Hall–Kier alpha value is -3.36. The molecule has 0 heterocycles. The molecule has 0 fully saturated rings. The molecular weight excluding hydrogens is 816 g/mol. The highest BCUT2D eigenvalue weighted by atomic mass is 19.4. The monoisotopic (exact) mass is 852 g/mol. The first-order valence-corrected chi connectivity index (χ1v) is 16.5. The van der Waals surface area contributed by atoms with Crippen LogP contribution in [0.1, 0.15) is 99.6 Å². The van der Waals surface area contributed by atoms with E-state index in [0.717, 1.165) is 13.8 Å². The Kier molecular flexibility index (Phi) is 12.9. The Balaban J connectivity index is 2.83. The maximum absolute atomic E-state index is 15.2. The molecule has 2 unspecified atom stereocenters. The SMILES string of the molecule is CCc1cc(C(F)(F)C(F)(F)C(F)(F)C(F)(F)C(F)(F)C(F)(F)C(F)(F)C(F)(F)C(F)(F)C(F)(F)c2cc(CC)c(N)c(C(C)CC)c2)cc(C(C)CC)c1N. The zero-order valence-electron chi connectivity index (χ0n) is 30.0. The molecule has 0 aromatic heterocycles. The van der Waals surface area contributed by atoms with Gasteiger partial charge in [-0.3, -0.25) is 0 Å². The van der Waals surface area contributed by atoms with Crippen LogP contribution >= 0.6 is 0 Å². The number of halogens is 20. The van der Waals surface area contributed by atoms with Gasteiger partial charge in [0.25, 0.3) is 0 Å². The van der Waals surface area contributed by atoms with E-state index in [-0.39, 0.29) is 37.1 Å². The van der Waals surface area contributed by atoms with Crippen molar-refractivity contribution < 1.29 is 87.8 Å². The molecular formula is C34H36F20N2. The van der Waals surface area contributed by atoms with E-state index >= 15 is 17.6 Å². The molecule has 56 heavy (non-hydrogen) atoms. The van der Waals surface area contributed by atoms with E-state index in [4.69, 9.17) is 11.5 Å². The molecule has 2 rings (SSSR count). The lowest BCUT2D eigenvalue weighted by Crippen LogP contribution is -2.76. The smallest absolute Gasteiger partial charge is 0.385 e. The number of hydrogen-bond acceptors (Lipinski definition) is 2. The summed E-state index contributed by atoms with van der Waals surface area (Å²) in [5.41, 5.74) is 3.84. The minimum atomic E-state index is -9.13. The van der Waals surface area contributed by atoms with Gasteiger partial charge in [0.05, 0.1) is 0 Å². The van der Waals surface area contributed by atoms with Gasteiger partial charge < -0.3 is 11.5 Å². The zero-order chi connectivity index (χ0) is 44.4. The molecule has 22 heteroatoms. The number of benzene rings is 2. The maximum atomic E-state index is 15.2. The van der Waals surface area contributed by atoms with E-state index < -0.39 is 129 Å². The number of nitrogen functional groups attached to an aromatic ring is 2. The Morgan fingerprint density at radius 1 is 0.393 bits per heavy atom. The highest BCUT2D eigenvalue weighted by molar-refractivity contribution is 5.59. The van der Waals surface area contributed by atoms with Gasteiger partial charge in [0.15, 0.2) is 0 Å². The van der Waals surface area contributed by atoms with Crippen molar-refractivity contribution in [3.8, 4) is 0 Å². The van der Waals surface area contributed by atoms with Crippen LogP contribution in [0.2, 0.25) is 0 Å². The number of hydrogen-bond donors (Lipinski definition) is 2. The fourth-order valence-electron chi connectivity index (χ4n) is 5.62. The zero-order valence-corrected chi connectivity index (χ0v) is 30.0. The van der Waals surface area contributed by atoms with Crippen LogP contribution in [0.4, 0.5) is 99.2 Å². The maximum Gasteiger partial charge on any atom is 0.385 e. The normalized spacial score (nSPS) is 16.0. The van der Waals surface area contributed by atoms with Gasteiger partial charge in [-0.05, 0) is 84.0 Å². The quantitative estimate of drug-likeness (QED) is 0.123. The van der Waals surface area contributed by atoms with Crippen molar-refractivity contribution in [2.24, 2.45) is 0 Å². The second-order valence-corrected chi connectivity index (χ2v) is 13.3. The summed E-state index contributed by atoms with van der Waals surface area (Å²) in [5, 5.41) is 0. The number of anilines is 2.